The molecular formula is C13H19NO. The first-order valence-corrected chi connectivity index (χ1v) is 5.51. The molecule has 2 rings (SSSR count). The van der Waals surface area contributed by atoms with Gasteiger partial charge in [0, 0.05) is 12.1 Å². The first-order chi connectivity index (χ1) is 7.08. The molecule has 0 amide bonds. The van der Waals surface area contributed by atoms with E-state index in [-0.39, 0.29) is 11.6 Å². The number of ether oxygens (including phenoxy) is 1. The molecule has 1 aromatic rings. The Morgan fingerprint density at radius 1 is 1.33 bits per heavy atom. The molecule has 1 fully saturated rings. The highest BCUT2D eigenvalue weighted by Crippen LogP contribution is 2.25. The number of morpholine rings is 1. The summed E-state index contributed by atoms with van der Waals surface area (Å²) in [6.45, 7) is 8.14. The quantitative estimate of drug-likeness (QED) is 0.760. The Balaban J connectivity index is 2.11. The van der Waals surface area contributed by atoms with Crippen LogP contribution in [0.2, 0.25) is 0 Å². The van der Waals surface area contributed by atoms with Crippen molar-refractivity contribution >= 4 is 0 Å². The van der Waals surface area contributed by atoms with Crippen LogP contribution < -0.4 is 5.32 Å². The van der Waals surface area contributed by atoms with Gasteiger partial charge in [-0.3, -0.25) is 0 Å². The second-order valence-corrected chi connectivity index (χ2v) is 4.92. The van der Waals surface area contributed by atoms with Gasteiger partial charge >= 0.3 is 0 Å². The predicted molar refractivity (Wildman–Crippen MR) is 62.0 cm³/mol. The third-order valence-corrected chi connectivity index (χ3v) is 2.95. The van der Waals surface area contributed by atoms with Gasteiger partial charge in [-0.15, -0.1) is 0 Å². The van der Waals surface area contributed by atoms with E-state index in [0.29, 0.717) is 0 Å². The monoisotopic (exact) mass is 205 g/mol. The Kier molecular flexibility index (Phi) is 2.81. The van der Waals surface area contributed by atoms with E-state index in [0.717, 1.165) is 13.2 Å². The third kappa shape index (κ3) is 2.39. The maximum absolute atomic E-state index is 5.90. The van der Waals surface area contributed by atoms with Crippen LogP contribution in [0.3, 0.4) is 0 Å². The number of nitrogens with one attached hydrogen (secondary N) is 1. The van der Waals surface area contributed by atoms with Crippen molar-refractivity contribution in [2.45, 2.75) is 32.4 Å². The van der Waals surface area contributed by atoms with Gasteiger partial charge in [0.15, 0.2) is 0 Å². The average Bonchev–Trinajstić information content (AvgIpc) is 2.19. The number of aryl methyl sites for hydroxylation is 1. The first kappa shape index (κ1) is 10.7. The van der Waals surface area contributed by atoms with Gasteiger partial charge in [-0.2, -0.15) is 0 Å². The summed E-state index contributed by atoms with van der Waals surface area (Å²) in [5.41, 5.74) is 2.73. The standard InChI is InChI=1S/C13H19NO/c1-10-6-4-5-7-11(10)12-8-14-13(2,3)9-15-12/h4-7,12,14H,8-9H2,1-3H3. The molecule has 0 radical (unpaired) electrons. The van der Waals surface area contributed by atoms with Gasteiger partial charge in [0.2, 0.25) is 0 Å². The molecular weight excluding hydrogens is 186 g/mol. The summed E-state index contributed by atoms with van der Waals surface area (Å²) in [7, 11) is 0. The zero-order valence-corrected chi connectivity index (χ0v) is 9.71. The normalized spacial score (nSPS) is 25.1. The van der Waals surface area contributed by atoms with Gasteiger partial charge in [0.05, 0.1) is 12.7 Å². The summed E-state index contributed by atoms with van der Waals surface area (Å²) in [5.74, 6) is 0. The van der Waals surface area contributed by atoms with Crippen molar-refractivity contribution < 1.29 is 4.74 Å². The minimum absolute atomic E-state index is 0.110. The molecule has 0 spiro atoms. The van der Waals surface area contributed by atoms with Crippen LogP contribution in [-0.4, -0.2) is 18.7 Å². The van der Waals surface area contributed by atoms with Gasteiger partial charge in [0.1, 0.15) is 0 Å². The van der Waals surface area contributed by atoms with Crippen molar-refractivity contribution in [1.29, 1.82) is 0 Å². The lowest BCUT2D eigenvalue weighted by Crippen LogP contribution is -2.50. The van der Waals surface area contributed by atoms with Crippen molar-refractivity contribution in [2.75, 3.05) is 13.2 Å². The van der Waals surface area contributed by atoms with Crippen LogP contribution in [0.4, 0.5) is 0 Å². The lowest BCUT2D eigenvalue weighted by atomic mass is 9.99. The number of rotatable bonds is 1. The number of hydrogen-bond acceptors (Lipinski definition) is 2. The topological polar surface area (TPSA) is 21.3 Å². The van der Waals surface area contributed by atoms with Gasteiger partial charge in [-0.1, -0.05) is 24.3 Å². The molecule has 1 aliphatic rings. The van der Waals surface area contributed by atoms with Crippen LogP contribution in [-0.2, 0) is 4.74 Å². The minimum atomic E-state index is 0.110. The smallest absolute Gasteiger partial charge is 0.0952 e. The molecule has 1 aromatic carbocycles. The maximum atomic E-state index is 5.90. The van der Waals surface area contributed by atoms with Gasteiger partial charge in [-0.25, -0.2) is 0 Å². The van der Waals surface area contributed by atoms with Gasteiger partial charge in [0.25, 0.3) is 0 Å². The molecule has 1 heterocycles. The molecule has 1 N–H and O–H groups in total. The summed E-state index contributed by atoms with van der Waals surface area (Å²) in [6.07, 6.45) is 0.208. The van der Waals surface area contributed by atoms with Crippen LogP contribution in [0.1, 0.15) is 31.1 Å². The van der Waals surface area contributed by atoms with E-state index in [1.807, 2.05) is 0 Å². The summed E-state index contributed by atoms with van der Waals surface area (Å²) in [6, 6.07) is 8.43. The summed E-state index contributed by atoms with van der Waals surface area (Å²) in [4.78, 5) is 0. The molecule has 0 saturated carbocycles. The van der Waals surface area contributed by atoms with E-state index < -0.39 is 0 Å². The highest BCUT2D eigenvalue weighted by molar-refractivity contribution is 5.28. The molecule has 15 heavy (non-hydrogen) atoms. The Bertz CT molecular complexity index is 336. The van der Waals surface area contributed by atoms with Crippen LogP contribution in [0.25, 0.3) is 0 Å². The predicted octanol–water partition coefficient (Wildman–Crippen LogP) is 2.43. The second kappa shape index (κ2) is 3.95. The van der Waals surface area contributed by atoms with E-state index in [1.165, 1.54) is 11.1 Å². The van der Waals surface area contributed by atoms with Crippen molar-refractivity contribution in [2.24, 2.45) is 0 Å². The van der Waals surface area contributed by atoms with E-state index >= 15 is 0 Å². The van der Waals surface area contributed by atoms with Crippen LogP contribution >= 0.6 is 0 Å². The molecule has 1 saturated heterocycles. The van der Waals surface area contributed by atoms with Gasteiger partial charge < -0.3 is 10.1 Å². The highest BCUT2D eigenvalue weighted by atomic mass is 16.5. The van der Waals surface area contributed by atoms with E-state index in [9.17, 15) is 0 Å². The minimum Gasteiger partial charge on any atom is -0.370 e. The van der Waals surface area contributed by atoms with E-state index in [2.05, 4.69) is 50.4 Å². The van der Waals surface area contributed by atoms with Gasteiger partial charge in [-0.05, 0) is 31.9 Å². The molecule has 1 aliphatic heterocycles. The largest absolute Gasteiger partial charge is 0.370 e. The Hall–Kier alpha value is -0.860. The molecule has 82 valence electrons. The number of hydrogen-bond donors (Lipinski definition) is 1. The summed E-state index contributed by atoms with van der Waals surface area (Å²) < 4.78 is 5.90. The Labute approximate surface area is 91.6 Å². The van der Waals surface area contributed by atoms with Crippen molar-refractivity contribution in [1.82, 2.24) is 5.32 Å². The zero-order chi connectivity index (χ0) is 10.9. The lowest BCUT2D eigenvalue weighted by Gasteiger charge is -2.36. The fourth-order valence-corrected chi connectivity index (χ4v) is 1.94. The van der Waals surface area contributed by atoms with Crippen LogP contribution in [0, 0.1) is 6.92 Å². The van der Waals surface area contributed by atoms with Crippen molar-refractivity contribution in [3.05, 3.63) is 35.4 Å². The van der Waals surface area contributed by atoms with E-state index in [1.54, 1.807) is 0 Å². The fourth-order valence-electron chi connectivity index (χ4n) is 1.94. The average molecular weight is 205 g/mol. The lowest BCUT2D eigenvalue weighted by molar-refractivity contribution is -0.0231. The maximum Gasteiger partial charge on any atom is 0.0952 e. The van der Waals surface area contributed by atoms with Crippen LogP contribution in [0.5, 0.6) is 0 Å². The second-order valence-electron chi connectivity index (χ2n) is 4.92. The van der Waals surface area contributed by atoms with Crippen molar-refractivity contribution in [3.8, 4) is 0 Å². The Morgan fingerprint density at radius 3 is 2.67 bits per heavy atom. The molecule has 0 bridgehead atoms. The summed E-state index contributed by atoms with van der Waals surface area (Å²) >= 11 is 0. The highest BCUT2D eigenvalue weighted by Gasteiger charge is 2.27. The first-order valence-electron chi connectivity index (χ1n) is 5.51. The molecule has 1 atom stereocenters. The molecule has 0 aromatic heterocycles. The van der Waals surface area contributed by atoms with Crippen molar-refractivity contribution in [3.63, 3.8) is 0 Å². The Morgan fingerprint density at radius 2 is 2.07 bits per heavy atom. The number of benzene rings is 1. The third-order valence-electron chi connectivity index (χ3n) is 2.95. The summed E-state index contributed by atoms with van der Waals surface area (Å²) in [5, 5.41) is 3.51. The van der Waals surface area contributed by atoms with E-state index in [4.69, 9.17) is 4.74 Å². The SMILES string of the molecule is Cc1ccccc1C1CNC(C)(C)CO1. The molecule has 2 heteroatoms. The van der Waals surface area contributed by atoms with Crippen LogP contribution in [0.15, 0.2) is 24.3 Å². The molecule has 2 nitrogen and oxygen atoms in total. The molecule has 0 aliphatic carbocycles. The fraction of sp³-hybridized carbons (Fsp3) is 0.538. The molecule has 1 unspecified atom stereocenters. The zero-order valence-electron chi connectivity index (χ0n) is 9.71.